The van der Waals surface area contributed by atoms with Crippen LogP contribution in [0.5, 0.6) is 0 Å². The van der Waals surface area contributed by atoms with Crippen molar-refractivity contribution in [1.29, 1.82) is 0 Å². The Bertz CT molecular complexity index is 557. The number of aliphatic hydroxyl groups excluding tert-OH is 1. The maximum atomic E-state index is 10.3. The number of aromatic nitrogens is 1. The summed E-state index contributed by atoms with van der Waals surface area (Å²) in [7, 11) is 0. The molecule has 0 fully saturated rings. The molecule has 2 aromatic rings. The van der Waals surface area contributed by atoms with Gasteiger partial charge in [-0.05, 0) is 35.7 Å². The zero-order chi connectivity index (χ0) is 13.1. The minimum absolute atomic E-state index is 0.460. The molecule has 0 bridgehead atoms. The van der Waals surface area contributed by atoms with Crippen LogP contribution in [0, 0.1) is 6.92 Å². The zero-order valence-corrected chi connectivity index (χ0v) is 11.7. The maximum Gasteiger partial charge on any atom is 0.126 e. The van der Waals surface area contributed by atoms with Crippen LogP contribution in [-0.4, -0.2) is 10.1 Å². The van der Waals surface area contributed by atoms with Crippen molar-refractivity contribution in [2.75, 3.05) is 5.73 Å². The molecular formula is C14H15BrN2O. The number of nitrogens with two attached hydrogens (primary N) is 1. The second-order valence-corrected chi connectivity index (χ2v) is 5.15. The number of nitrogens with zero attached hydrogens (tertiary/aromatic N) is 1. The predicted octanol–water partition coefficient (Wildman–Crippen LogP) is 3.01. The Morgan fingerprint density at radius 2 is 2.17 bits per heavy atom. The molecule has 2 rings (SSSR count). The fourth-order valence-electron chi connectivity index (χ4n) is 1.84. The second-order valence-electron chi connectivity index (χ2n) is 4.29. The number of anilines is 1. The average molecular weight is 307 g/mol. The van der Waals surface area contributed by atoms with Gasteiger partial charge in [-0.25, -0.2) is 4.98 Å². The maximum absolute atomic E-state index is 10.3. The number of aliphatic hydroxyl groups is 1. The van der Waals surface area contributed by atoms with Crippen LogP contribution < -0.4 is 5.73 Å². The molecule has 1 heterocycles. The summed E-state index contributed by atoms with van der Waals surface area (Å²) in [4.78, 5) is 4.02. The lowest BCUT2D eigenvalue weighted by Crippen LogP contribution is -2.06. The van der Waals surface area contributed by atoms with E-state index in [1.807, 2.05) is 37.3 Å². The van der Waals surface area contributed by atoms with Gasteiger partial charge < -0.3 is 10.8 Å². The van der Waals surface area contributed by atoms with E-state index in [2.05, 4.69) is 20.9 Å². The standard InChI is InChI=1S/C14H15BrN2O/c1-9-4-5-11(12(15)7-9)13(18)8-10-3-2-6-17-14(10)16/h2-7,13,18H,8H2,1H3,(H2,16,17). The molecule has 0 amide bonds. The SMILES string of the molecule is Cc1ccc(C(O)Cc2cccnc2N)c(Br)c1. The summed E-state index contributed by atoms with van der Waals surface area (Å²) in [5, 5.41) is 10.3. The van der Waals surface area contributed by atoms with E-state index in [0.29, 0.717) is 12.2 Å². The molecule has 3 N–H and O–H groups in total. The molecule has 0 saturated heterocycles. The molecular weight excluding hydrogens is 292 g/mol. The third-order valence-electron chi connectivity index (χ3n) is 2.85. The van der Waals surface area contributed by atoms with E-state index in [0.717, 1.165) is 21.2 Å². The summed E-state index contributed by atoms with van der Waals surface area (Å²) >= 11 is 3.47. The minimum atomic E-state index is -0.591. The highest BCUT2D eigenvalue weighted by Gasteiger charge is 2.13. The van der Waals surface area contributed by atoms with Gasteiger partial charge in [-0.2, -0.15) is 0 Å². The number of aryl methyl sites for hydroxylation is 1. The van der Waals surface area contributed by atoms with Crippen molar-refractivity contribution >= 4 is 21.7 Å². The van der Waals surface area contributed by atoms with Crippen molar-refractivity contribution in [2.24, 2.45) is 0 Å². The number of pyridine rings is 1. The molecule has 94 valence electrons. The lowest BCUT2D eigenvalue weighted by Gasteiger charge is -2.14. The van der Waals surface area contributed by atoms with Crippen LogP contribution in [0.1, 0.15) is 22.8 Å². The van der Waals surface area contributed by atoms with E-state index in [4.69, 9.17) is 5.73 Å². The Hall–Kier alpha value is -1.39. The molecule has 1 aromatic heterocycles. The Kier molecular flexibility index (Phi) is 3.99. The summed E-state index contributed by atoms with van der Waals surface area (Å²) in [5.41, 5.74) is 8.65. The zero-order valence-electron chi connectivity index (χ0n) is 10.1. The van der Waals surface area contributed by atoms with Gasteiger partial charge in [0, 0.05) is 17.1 Å². The van der Waals surface area contributed by atoms with Gasteiger partial charge >= 0.3 is 0 Å². The molecule has 0 spiro atoms. The van der Waals surface area contributed by atoms with Gasteiger partial charge in [-0.1, -0.05) is 34.1 Å². The van der Waals surface area contributed by atoms with Crippen LogP contribution in [0.4, 0.5) is 5.82 Å². The van der Waals surface area contributed by atoms with Crippen molar-refractivity contribution in [3.8, 4) is 0 Å². The van der Waals surface area contributed by atoms with E-state index in [1.165, 1.54) is 0 Å². The number of hydrogen-bond donors (Lipinski definition) is 2. The van der Waals surface area contributed by atoms with E-state index >= 15 is 0 Å². The molecule has 0 radical (unpaired) electrons. The number of benzene rings is 1. The fraction of sp³-hybridized carbons (Fsp3) is 0.214. The van der Waals surface area contributed by atoms with Gasteiger partial charge in [0.25, 0.3) is 0 Å². The summed E-state index contributed by atoms with van der Waals surface area (Å²) in [5.74, 6) is 0.472. The minimum Gasteiger partial charge on any atom is -0.388 e. The first kappa shape index (κ1) is 13.1. The Labute approximate surface area is 115 Å². The van der Waals surface area contributed by atoms with Gasteiger partial charge in [0.2, 0.25) is 0 Å². The van der Waals surface area contributed by atoms with Gasteiger partial charge in [0.15, 0.2) is 0 Å². The first-order valence-electron chi connectivity index (χ1n) is 5.71. The Morgan fingerprint density at radius 1 is 1.39 bits per heavy atom. The van der Waals surface area contributed by atoms with Crippen molar-refractivity contribution < 1.29 is 5.11 Å². The number of halogens is 1. The van der Waals surface area contributed by atoms with Crippen LogP contribution >= 0.6 is 15.9 Å². The molecule has 18 heavy (non-hydrogen) atoms. The molecule has 3 nitrogen and oxygen atoms in total. The normalized spacial score (nSPS) is 12.4. The van der Waals surface area contributed by atoms with Crippen LogP contribution in [0.2, 0.25) is 0 Å². The topological polar surface area (TPSA) is 59.1 Å². The highest BCUT2D eigenvalue weighted by molar-refractivity contribution is 9.10. The van der Waals surface area contributed by atoms with Crippen LogP contribution in [0.3, 0.4) is 0 Å². The van der Waals surface area contributed by atoms with Gasteiger partial charge in [-0.15, -0.1) is 0 Å². The highest BCUT2D eigenvalue weighted by atomic mass is 79.9. The molecule has 0 saturated carbocycles. The van der Waals surface area contributed by atoms with Crippen molar-refractivity contribution in [3.63, 3.8) is 0 Å². The summed E-state index contributed by atoms with van der Waals surface area (Å²) < 4.78 is 0.914. The molecule has 0 aliphatic rings. The first-order chi connectivity index (χ1) is 8.58. The second kappa shape index (κ2) is 5.50. The molecule has 0 aliphatic heterocycles. The quantitative estimate of drug-likeness (QED) is 0.916. The molecule has 0 aliphatic carbocycles. The fourth-order valence-corrected chi connectivity index (χ4v) is 2.60. The summed E-state index contributed by atoms with van der Waals surface area (Å²) in [6.07, 6.45) is 1.51. The van der Waals surface area contributed by atoms with Crippen molar-refractivity contribution in [2.45, 2.75) is 19.4 Å². The van der Waals surface area contributed by atoms with Crippen LogP contribution in [-0.2, 0) is 6.42 Å². The van der Waals surface area contributed by atoms with Crippen molar-refractivity contribution in [1.82, 2.24) is 4.98 Å². The lowest BCUT2D eigenvalue weighted by atomic mass is 10.0. The van der Waals surface area contributed by atoms with E-state index in [1.54, 1.807) is 6.20 Å². The monoisotopic (exact) mass is 306 g/mol. The molecule has 1 aromatic carbocycles. The van der Waals surface area contributed by atoms with Crippen molar-refractivity contribution in [3.05, 3.63) is 57.7 Å². The van der Waals surface area contributed by atoms with E-state index in [9.17, 15) is 5.11 Å². The largest absolute Gasteiger partial charge is 0.388 e. The van der Waals surface area contributed by atoms with E-state index < -0.39 is 6.10 Å². The molecule has 1 unspecified atom stereocenters. The number of nitrogen functional groups attached to an aromatic ring is 1. The summed E-state index contributed by atoms with van der Waals surface area (Å²) in [6, 6.07) is 9.61. The smallest absolute Gasteiger partial charge is 0.126 e. The van der Waals surface area contributed by atoms with Gasteiger partial charge in [0.1, 0.15) is 5.82 Å². The Balaban J connectivity index is 2.22. The number of hydrogen-bond acceptors (Lipinski definition) is 3. The third kappa shape index (κ3) is 2.89. The lowest BCUT2D eigenvalue weighted by molar-refractivity contribution is 0.178. The molecule has 4 heteroatoms. The Morgan fingerprint density at radius 3 is 2.83 bits per heavy atom. The predicted molar refractivity (Wildman–Crippen MR) is 76.2 cm³/mol. The number of rotatable bonds is 3. The average Bonchev–Trinajstić information content (AvgIpc) is 2.32. The van der Waals surface area contributed by atoms with E-state index in [-0.39, 0.29) is 0 Å². The molecule has 1 atom stereocenters. The highest BCUT2D eigenvalue weighted by Crippen LogP contribution is 2.27. The summed E-state index contributed by atoms with van der Waals surface area (Å²) in [6.45, 7) is 2.01. The van der Waals surface area contributed by atoms with Crippen LogP contribution in [0.25, 0.3) is 0 Å². The van der Waals surface area contributed by atoms with Gasteiger partial charge in [-0.3, -0.25) is 0 Å². The first-order valence-corrected chi connectivity index (χ1v) is 6.50. The van der Waals surface area contributed by atoms with Crippen LogP contribution in [0.15, 0.2) is 41.0 Å². The third-order valence-corrected chi connectivity index (χ3v) is 3.54. The van der Waals surface area contributed by atoms with Gasteiger partial charge in [0.05, 0.1) is 6.10 Å².